The Hall–Kier alpha value is -1.53. The summed E-state index contributed by atoms with van der Waals surface area (Å²) in [6.45, 7) is 0. The zero-order valence-corrected chi connectivity index (χ0v) is 11.5. The second kappa shape index (κ2) is 3.73. The Kier molecular flexibility index (Phi) is 2.39. The number of carboxylic acids is 1. The molecule has 1 N–H and O–H groups in total. The van der Waals surface area contributed by atoms with Crippen LogP contribution in [0.15, 0.2) is 22.8 Å². The van der Waals surface area contributed by atoms with Crippen LogP contribution in [-0.4, -0.2) is 25.0 Å². The molecule has 0 radical (unpaired) electrons. The number of imidazole rings is 2. The molecule has 92 valence electrons. The molecule has 0 amide bonds. The number of hydrogen-bond donors (Lipinski definition) is 1. The van der Waals surface area contributed by atoms with Gasteiger partial charge in [-0.15, -0.1) is 0 Å². The van der Waals surface area contributed by atoms with E-state index in [1.807, 2.05) is 6.07 Å². The van der Waals surface area contributed by atoms with Crippen molar-refractivity contribution in [2.24, 2.45) is 7.05 Å². The van der Waals surface area contributed by atoms with Crippen LogP contribution in [0, 0.1) is 0 Å². The van der Waals surface area contributed by atoms with Crippen molar-refractivity contribution < 1.29 is 9.90 Å². The maximum Gasteiger partial charge on any atom is 0.355 e. The summed E-state index contributed by atoms with van der Waals surface area (Å²) in [5.41, 5.74) is 1.70. The van der Waals surface area contributed by atoms with Crippen LogP contribution in [0.5, 0.6) is 0 Å². The first-order valence-corrected chi connectivity index (χ1v) is 6.23. The molecule has 0 aliphatic carbocycles. The van der Waals surface area contributed by atoms with Gasteiger partial charge in [0.05, 0.1) is 11.0 Å². The van der Waals surface area contributed by atoms with Crippen molar-refractivity contribution in [3.63, 3.8) is 0 Å². The van der Waals surface area contributed by atoms with E-state index in [1.54, 1.807) is 23.6 Å². The molecule has 5 nitrogen and oxygen atoms in total. The summed E-state index contributed by atoms with van der Waals surface area (Å²) in [5, 5.41) is 9.77. The average molecular weight is 329 g/mol. The van der Waals surface area contributed by atoms with E-state index < -0.39 is 5.97 Å². The number of nitrogens with zero attached hydrogens (tertiary/aromatic N) is 3. The van der Waals surface area contributed by atoms with Gasteiger partial charge in [-0.2, -0.15) is 0 Å². The molecule has 2 aromatic heterocycles. The molecule has 0 bridgehead atoms. The van der Waals surface area contributed by atoms with Crippen molar-refractivity contribution in [2.45, 2.75) is 0 Å². The largest absolute Gasteiger partial charge is 0.476 e. The summed E-state index contributed by atoms with van der Waals surface area (Å²) >= 11 is 9.22. The molecule has 3 rings (SSSR count). The van der Waals surface area contributed by atoms with Crippen LogP contribution in [0.1, 0.15) is 10.5 Å². The smallest absolute Gasteiger partial charge is 0.355 e. The lowest BCUT2D eigenvalue weighted by molar-refractivity contribution is 0.0685. The topological polar surface area (TPSA) is 59.5 Å². The number of carbonyl (C=O) groups is 1. The normalized spacial score (nSPS) is 11.5. The van der Waals surface area contributed by atoms with E-state index in [-0.39, 0.29) is 5.69 Å². The minimum atomic E-state index is -1.00. The minimum absolute atomic E-state index is 0.161. The Bertz CT molecular complexity index is 806. The molecule has 0 spiro atoms. The molecular formula is C11H7BrClN3O2. The molecule has 18 heavy (non-hydrogen) atoms. The van der Waals surface area contributed by atoms with Gasteiger partial charge in [-0.05, 0) is 34.1 Å². The van der Waals surface area contributed by atoms with Crippen LogP contribution in [0.3, 0.4) is 0 Å². The lowest BCUT2D eigenvalue weighted by Gasteiger charge is -1.96. The number of aromatic nitrogens is 3. The molecule has 0 saturated heterocycles. The van der Waals surface area contributed by atoms with Gasteiger partial charge in [0, 0.05) is 12.1 Å². The van der Waals surface area contributed by atoms with Gasteiger partial charge < -0.3 is 9.67 Å². The second-order valence-electron chi connectivity index (χ2n) is 3.88. The number of fused-ring (bicyclic) bond motifs is 3. The molecule has 2 heterocycles. The monoisotopic (exact) mass is 327 g/mol. The fraction of sp³-hybridized carbons (Fsp3) is 0.0909. The number of carboxylic acid groups (broad SMARTS) is 1. The number of benzene rings is 1. The van der Waals surface area contributed by atoms with Crippen molar-refractivity contribution in [1.82, 2.24) is 14.0 Å². The second-order valence-corrected chi connectivity index (χ2v) is 5.07. The van der Waals surface area contributed by atoms with Crippen molar-refractivity contribution in [3.8, 4) is 0 Å². The van der Waals surface area contributed by atoms with Gasteiger partial charge in [0.25, 0.3) is 0 Å². The van der Waals surface area contributed by atoms with E-state index in [0.717, 1.165) is 11.0 Å². The lowest BCUT2D eigenvalue weighted by Crippen LogP contribution is -2.05. The molecule has 0 saturated carbocycles. The Morgan fingerprint density at radius 3 is 2.89 bits per heavy atom. The Morgan fingerprint density at radius 2 is 2.22 bits per heavy atom. The zero-order chi connectivity index (χ0) is 13.0. The van der Waals surface area contributed by atoms with E-state index in [0.29, 0.717) is 15.4 Å². The maximum atomic E-state index is 11.2. The predicted molar refractivity (Wildman–Crippen MR) is 71.3 cm³/mol. The predicted octanol–water partition coefficient (Wildman–Crippen LogP) is 2.94. The van der Waals surface area contributed by atoms with Gasteiger partial charge >= 0.3 is 5.97 Å². The first-order valence-electron chi connectivity index (χ1n) is 5.06. The van der Waals surface area contributed by atoms with Crippen LogP contribution >= 0.6 is 27.5 Å². The molecule has 3 aromatic rings. The van der Waals surface area contributed by atoms with Gasteiger partial charge in [0.1, 0.15) is 4.60 Å². The third-order valence-electron chi connectivity index (χ3n) is 2.83. The van der Waals surface area contributed by atoms with Crippen LogP contribution < -0.4 is 0 Å². The number of halogens is 2. The summed E-state index contributed by atoms with van der Waals surface area (Å²) in [6, 6.07) is 5.31. The number of hydrogen-bond acceptors (Lipinski definition) is 2. The molecule has 0 aliphatic heterocycles. The van der Waals surface area contributed by atoms with Gasteiger partial charge in [0.15, 0.2) is 5.69 Å². The van der Waals surface area contributed by atoms with E-state index in [1.165, 1.54) is 4.57 Å². The standard InChI is InChI=1S/C11H7BrClN3O2/c1-15-8(10(17)18)9(12)16-7-3-2-5(13)4-6(7)14-11(15)16/h2-4H,1H3,(H,17,18). The fourth-order valence-electron chi connectivity index (χ4n) is 2.04. The molecule has 0 aliphatic rings. The summed E-state index contributed by atoms with van der Waals surface area (Å²) in [5.74, 6) is -0.450. The first-order chi connectivity index (χ1) is 8.50. The molecule has 0 atom stereocenters. The van der Waals surface area contributed by atoms with E-state index >= 15 is 0 Å². The molecule has 0 unspecified atom stereocenters. The number of rotatable bonds is 1. The number of aromatic carboxylic acids is 1. The minimum Gasteiger partial charge on any atom is -0.476 e. The van der Waals surface area contributed by atoms with E-state index in [9.17, 15) is 4.79 Å². The molecular weight excluding hydrogens is 321 g/mol. The molecule has 0 fully saturated rings. The zero-order valence-electron chi connectivity index (χ0n) is 9.19. The van der Waals surface area contributed by atoms with Crippen molar-refractivity contribution in [2.75, 3.05) is 0 Å². The van der Waals surface area contributed by atoms with Gasteiger partial charge in [-0.1, -0.05) is 11.6 Å². The summed E-state index contributed by atoms with van der Waals surface area (Å²) < 4.78 is 3.74. The van der Waals surface area contributed by atoms with E-state index in [4.69, 9.17) is 16.7 Å². The molecule has 7 heteroatoms. The van der Waals surface area contributed by atoms with Crippen LogP contribution in [0.4, 0.5) is 0 Å². The first kappa shape index (κ1) is 11.6. The Labute approximate surface area is 115 Å². The van der Waals surface area contributed by atoms with Gasteiger partial charge in [-0.25, -0.2) is 9.78 Å². The molecule has 1 aromatic carbocycles. The van der Waals surface area contributed by atoms with Crippen LogP contribution in [0.2, 0.25) is 5.02 Å². The highest BCUT2D eigenvalue weighted by Gasteiger charge is 2.22. The fourth-order valence-corrected chi connectivity index (χ4v) is 2.99. The Morgan fingerprint density at radius 1 is 1.50 bits per heavy atom. The lowest BCUT2D eigenvalue weighted by atomic mass is 10.3. The van der Waals surface area contributed by atoms with Crippen molar-refractivity contribution in [3.05, 3.63) is 33.5 Å². The maximum absolute atomic E-state index is 11.2. The summed E-state index contributed by atoms with van der Waals surface area (Å²) in [7, 11) is 1.66. The highest BCUT2D eigenvalue weighted by Crippen LogP contribution is 2.28. The highest BCUT2D eigenvalue weighted by molar-refractivity contribution is 9.10. The van der Waals surface area contributed by atoms with Crippen LogP contribution in [-0.2, 0) is 7.05 Å². The summed E-state index contributed by atoms with van der Waals surface area (Å²) in [4.78, 5) is 15.6. The average Bonchev–Trinajstić information content (AvgIpc) is 2.76. The number of aryl methyl sites for hydroxylation is 1. The quantitative estimate of drug-likeness (QED) is 0.747. The van der Waals surface area contributed by atoms with Crippen molar-refractivity contribution >= 4 is 50.3 Å². The van der Waals surface area contributed by atoms with Gasteiger partial charge in [-0.3, -0.25) is 4.40 Å². The van der Waals surface area contributed by atoms with E-state index in [2.05, 4.69) is 20.9 Å². The van der Waals surface area contributed by atoms with Gasteiger partial charge in [0.2, 0.25) is 5.78 Å². The third kappa shape index (κ3) is 1.39. The third-order valence-corrected chi connectivity index (χ3v) is 3.79. The highest BCUT2D eigenvalue weighted by atomic mass is 79.9. The van der Waals surface area contributed by atoms with Crippen LogP contribution in [0.25, 0.3) is 16.8 Å². The van der Waals surface area contributed by atoms with Crippen molar-refractivity contribution in [1.29, 1.82) is 0 Å². The Balaban J connectivity index is 2.52. The SMILES string of the molecule is Cn1c(C(=O)O)c(Br)n2c3ccc(Cl)cc3nc12. The summed E-state index contributed by atoms with van der Waals surface area (Å²) in [6.07, 6.45) is 0.